The van der Waals surface area contributed by atoms with Crippen LogP contribution in [0, 0.1) is 6.92 Å². The molecule has 4 aromatic carbocycles. The fourth-order valence-electron chi connectivity index (χ4n) is 3.98. The molecule has 1 aliphatic heterocycles. The normalized spacial score (nSPS) is 12.3. The predicted octanol–water partition coefficient (Wildman–Crippen LogP) is 5.75. The molecule has 0 saturated heterocycles. The molecule has 0 spiro atoms. The molecule has 1 N–H and O–H groups in total. The van der Waals surface area contributed by atoms with Crippen LogP contribution >= 0.6 is 0 Å². The van der Waals surface area contributed by atoms with Gasteiger partial charge in [0.2, 0.25) is 6.79 Å². The Kier molecular flexibility index (Phi) is 5.46. The van der Waals surface area contributed by atoms with E-state index >= 15 is 0 Å². The number of aryl methyl sites for hydroxylation is 1. The lowest BCUT2D eigenvalue weighted by atomic mass is 10.0. The maximum Gasteiger partial charge on any atom is 0.231 e. The van der Waals surface area contributed by atoms with Crippen LogP contribution in [0.15, 0.2) is 78.9 Å². The van der Waals surface area contributed by atoms with E-state index in [1.165, 1.54) is 27.5 Å². The molecule has 4 heteroatoms. The van der Waals surface area contributed by atoms with Crippen LogP contribution in [0.4, 0.5) is 0 Å². The van der Waals surface area contributed by atoms with Crippen molar-refractivity contribution in [1.82, 2.24) is 5.32 Å². The van der Waals surface area contributed by atoms with Crippen molar-refractivity contribution >= 4 is 10.8 Å². The molecule has 0 amide bonds. The van der Waals surface area contributed by atoms with Crippen LogP contribution in [0.2, 0.25) is 0 Å². The smallest absolute Gasteiger partial charge is 0.231 e. The summed E-state index contributed by atoms with van der Waals surface area (Å²) in [7, 11) is 0. The fourth-order valence-corrected chi connectivity index (χ4v) is 3.98. The molecular formula is C27H25NO3. The molecule has 0 fully saturated rings. The summed E-state index contributed by atoms with van der Waals surface area (Å²) in [6.07, 6.45) is 0. The zero-order valence-corrected chi connectivity index (χ0v) is 17.6. The van der Waals surface area contributed by atoms with Gasteiger partial charge in [0, 0.05) is 18.7 Å². The van der Waals surface area contributed by atoms with Gasteiger partial charge in [-0.3, -0.25) is 0 Å². The predicted molar refractivity (Wildman–Crippen MR) is 123 cm³/mol. The summed E-state index contributed by atoms with van der Waals surface area (Å²) < 4.78 is 17.2. The minimum atomic E-state index is 0.295. The summed E-state index contributed by atoms with van der Waals surface area (Å²) in [4.78, 5) is 0. The van der Waals surface area contributed by atoms with E-state index in [4.69, 9.17) is 14.2 Å². The highest BCUT2D eigenvalue weighted by Crippen LogP contribution is 2.33. The average Bonchev–Trinajstić information content (AvgIpc) is 3.26. The lowest BCUT2D eigenvalue weighted by molar-refractivity contribution is 0.174. The first-order valence-electron chi connectivity index (χ1n) is 10.5. The van der Waals surface area contributed by atoms with Crippen LogP contribution in [0.25, 0.3) is 10.8 Å². The largest absolute Gasteiger partial charge is 0.489 e. The summed E-state index contributed by atoms with van der Waals surface area (Å²) in [6.45, 7) is 4.39. The summed E-state index contributed by atoms with van der Waals surface area (Å²) in [5, 5.41) is 6.00. The second-order valence-electron chi connectivity index (χ2n) is 7.83. The Morgan fingerprint density at radius 2 is 1.71 bits per heavy atom. The van der Waals surface area contributed by atoms with E-state index in [1.54, 1.807) is 0 Å². The van der Waals surface area contributed by atoms with Crippen LogP contribution in [-0.2, 0) is 19.7 Å². The first-order chi connectivity index (χ1) is 15.3. The molecule has 156 valence electrons. The third-order valence-electron chi connectivity index (χ3n) is 5.54. The van der Waals surface area contributed by atoms with E-state index < -0.39 is 0 Å². The standard InChI is InChI=1S/C27H25NO3/c1-19-5-4-6-21(13-19)17-29-25-12-10-22-7-2-3-8-23(22)24(25)16-28-15-20-9-11-26-27(14-20)31-18-30-26/h2-14,28H,15-18H2,1H3. The lowest BCUT2D eigenvalue weighted by Gasteiger charge is -2.16. The molecule has 1 aliphatic rings. The van der Waals surface area contributed by atoms with Gasteiger partial charge in [0.25, 0.3) is 0 Å². The molecule has 0 radical (unpaired) electrons. The monoisotopic (exact) mass is 411 g/mol. The molecule has 0 aliphatic carbocycles. The van der Waals surface area contributed by atoms with E-state index in [1.807, 2.05) is 12.1 Å². The Bertz CT molecular complexity index is 1220. The molecule has 31 heavy (non-hydrogen) atoms. The van der Waals surface area contributed by atoms with Crippen molar-refractivity contribution in [1.29, 1.82) is 0 Å². The van der Waals surface area contributed by atoms with Crippen molar-refractivity contribution < 1.29 is 14.2 Å². The first-order valence-corrected chi connectivity index (χ1v) is 10.5. The molecule has 0 aromatic heterocycles. The van der Waals surface area contributed by atoms with Crippen molar-refractivity contribution in [3.05, 3.63) is 101 Å². The maximum atomic E-state index is 6.27. The molecule has 1 heterocycles. The van der Waals surface area contributed by atoms with Crippen molar-refractivity contribution in [3.8, 4) is 17.2 Å². The van der Waals surface area contributed by atoms with Crippen molar-refractivity contribution in [2.75, 3.05) is 6.79 Å². The number of benzene rings is 4. The summed E-state index contributed by atoms with van der Waals surface area (Å²) >= 11 is 0. The second-order valence-corrected chi connectivity index (χ2v) is 7.83. The van der Waals surface area contributed by atoms with Gasteiger partial charge in [0.1, 0.15) is 12.4 Å². The minimum absolute atomic E-state index is 0.295. The van der Waals surface area contributed by atoms with Gasteiger partial charge in [0.15, 0.2) is 11.5 Å². The van der Waals surface area contributed by atoms with Gasteiger partial charge < -0.3 is 19.5 Å². The molecule has 0 bridgehead atoms. The molecule has 0 atom stereocenters. The van der Waals surface area contributed by atoms with Crippen LogP contribution < -0.4 is 19.5 Å². The van der Waals surface area contributed by atoms with E-state index in [0.717, 1.165) is 29.4 Å². The molecule has 4 nitrogen and oxygen atoms in total. The first kappa shape index (κ1) is 19.5. The zero-order chi connectivity index (χ0) is 21.0. The highest BCUT2D eigenvalue weighted by Gasteiger charge is 2.14. The van der Waals surface area contributed by atoms with Crippen LogP contribution in [-0.4, -0.2) is 6.79 Å². The summed E-state index contributed by atoms with van der Waals surface area (Å²) in [5.74, 6) is 2.54. The fraction of sp³-hybridized carbons (Fsp3) is 0.185. The van der Waals surface area contributed by atoms with E-state index in [2.05, 4.69) is 79.0 Å². The Balaban J connectivity index is 1.34. The Morgan fingerprint density at radius 1 is 0.806 bits per heavy atom. The Morgan fingerprint density at radius 3 is 2.65 bits per heavy atom. The quantitative estimate of drug-likeness (QED) is 0.421. The topological polar surface area (TPSA) is 39.7 Å². The Labute approximate surface area is 182 Å². The SMILES string of the molecule is Cc1cccc(COc2ccc3ccccc3c2CNCc2ccc3c(c2)OCO3)c1. The van der Waals surface area contributed by atoms with Gasteiger partial charge >= 0.3 is 0 Å². The van der Waals surface area contributed by atoms with Crippen molar-refractivity contribution in [2.24, 2.45) is 0 Å². The van der Waals surface area contributed by atoms with Gasteiger partial charge in [-0.1, -0.05) is 66.2 Å². The summed E-state index contributed by atoms with van der Waals surface area (Å²) in [6, 6.07) is 27.2. The van der Waals surface area contributed by atoms with Crippen LogP contribution in [0.5, 0.6) is 17.2 Å². The van der Waals surface area contributed by atoms with Gasteiger partial charge in [-0.2, -0.15) is 0 Å². The highest BCUT2D eigenvalue weighted by molar-refractivity contribution is 5.87. The molecule has 0 saturated carbocycles. The van der Waals surface area contributed by atoms with Crippen LogP contribution in [0.1, 0.15) is 22.3 Å². The molecule has 5 rings (SSSR count). The third kappa shape index (κ3) is 4.35. The number of rotatable bonds is 7. The molecular weight excluding hydrogens is 386 g/mol. The van der Waals surface area contributed by atoms with Gasteiger partial charge in [0.05, 0.1) is 0 Å². The van der Waals surface area contributed by atoms with Gasteiger partial charge in [-0.25, -0.2) is 0 Å². The van der Waals surface area contributed by atoms with Gasteiger partial charge in [-0.15, -0.1) is 0 Å². The third-order valence-corrected chi connectivity index (χ3v) is 5.54. The van der Waals surface area contributed by atoms with E-state index in [9.17, 15) is 0 Å². The summed E-state index contributed by atoms with van der Waals surface area (Å²) in [5.41, 5.74) is 4.75. The number of ether oxygens (including phenoxy) is 3. The number of hydrogen-bond acceptors (Lipinski definition) is 4. The molecule has 4 aromatic rings. The second kappa shape index (κ2) is 8.70. The number of fused-ring (bicyclic) bond motifs is 2. The van der Waals surface area contributed by atoms with E-state index in [-0.39, 0.29) is 0 Å². The minimum Gasteiger partial charge on any atom is -0.489 e. The zero-order valence-electron chi connectivity index (χ0n) is 17.6. The van der Waals surface area contributed by atoms with Crippen LogP contribution in [0.3, 0.4) is 0 Å². The lowest BCUT2D eigenvalue weighted by Crippen LogP contribution is -2.14. The molecule has 0 unspecified atom stereocenters. The maximum absolute atomic E-state index is 6.27. The highest BCUT2D eigenvalue weighted by atomic mass is 16.7. The van der Waals surface area contributed by atoms with Crippen molar-refractivity contribution in [2.45, 2.75) is 26.6 Å². The van der Waals surface area contributed by atoms with E-state index in [0.29, 0.717) is 19.9 Å². The number of nitrogens with one attached hydrogen (secondary N) is 1. The number of hydrogen-bond donors (Lipinski definition) is 1. The Hall–Kier alpha value is -3.50. The average molecular weight is 412 g/mol. The van der Waals surface area contributed by atoms with Gasteiger partial charge in [-0.05, 0) is 47.0 Å². The van der Waals surface area contributed by atoms with Crippen molar-refractivity contribution in [3.63, 3.8) is 0 Å².